The molecule has 1 aliphatic rings. The van der Waals surface area contributed by atoms with Crippen molar-refractivity contribution < 1.29 is 4.79 Å². The number of nitrogens with one attached hydrogen (secondary N) is 1. The molecule has 4 nitrogen and oxygen atoms in total. The zero-order chi connectivity index (χ0) is 14.0. The van der Waals surface area contributed by atoms with E-state index in [-0.39, 0.29) is 18.1 Å². The average molecular weight is 261 g/mol. The number of benzene rings is 1. The van der Waals surface area contributed by atoms with Crippen LogP contribution in [0.15, 0.2) is 24.3 Å². The van der Waals surface area contributed by atoms with Crippen LogP contribution in [0, 0.1) is 6.92 Å². The summed E-state index contributed by atoms with van der Waals surface area (Å²) in [5.41, 5.74) is 2.39. The minimum Gasteiger partial charge on any atom is -0.320 e. The summed E-state index contributed by atoms with van der Waals surface area (Å²) < 4.78 is 0. The Balaban J connectivity index is 2.17. The van der Waals surface area contributed by atoms with E-state index in [2.05, 4.69) is 41.4 Å². The molecule has 0 spiro atoms. The van der Waals surface area contributed by atoms with Crippen LogP contribution in [-0.2, 0) is 4.79 Å². The first-order valence-electron chi connectivity index (χ1n) is 6.77. The zero-order valence-corrected chi connectivity index (χ0v) is 12.2. The highest BCUT2D eigenvalue weighted by Gasteiger charge is 2.36. The summed E-state index contributed by atoms with van der Waals surface area (Å²) >= 11 is 0. The van der Waals surface area contributed by atoms with E-state index in [1.807, 2.05) is 25.9 Å². The maximum Gasteiger partial charge on any atom is 0.241 e. The van der Waals surface area contributed by atoms with Gasteiger partial charge in [-0.2, -0.15) is 0 Å². The summed E-state index contributed by atoms with van der Waals surface area (Å²) in [7, 11) is 4.05. The van der Waals surface area contributed by atoms with E-state index < -0.39 is 0 Å². The molecule has 19 heavy (non-hydrogen) atoms. The van der Waals surface area contributed by atoms with Crippen LogP contribution in [0.3, 0.4) is 0 Å². The Hall–Kier alpha value is -1.39. The van der Waals surface area contributed by atoms with Crippen molar-refractivity contribution in [3.8, 4) is 0 Å². The average Bonchev–Trinajstić information content (AvgIpc) is 2.64. The van der Waals surface area contributed by atoms with Gasteiger partial charge in [0.25, 0.3) is 0 Å². The molecule has 2 rings (SSSR count). The normalized spacial score (nSPS) is 23.4. The molecule has 0 aliphatic carbocycles. The highest BCUT2D eigenvalue weighted by Crippen LogP contribution is 2.25. The summed E-state index contributed by atoms with van der Waals surface area (Å²) in [4.78, 5) is 16.3. The lowest BCUT2D eigenvalue weighted by Gasteiger charge is -2.26. The van der Waals surface area contributed by atoms with Crippen molar-refractivity contribution in [2.45, 2.75) is 26.1 Å². The molecule has 2 unspecified atom stereocenters. The topological polar surface area (TPSA) is 35.6 Å². The molecular weight excluding hydrogens is 238 g/mol. The van der Waals surface area contributed by atoms with E-state index in [9.17, 15) is 4.79 Å². The first-order chi connectivity index (χ1) is 8.99. The Kier molecular flexibility index (Phi) is 4.22. The van der Waals surface area contributed by atoms with Crippen molar-refractivity contribution in [1.82, 2.24) is 15.1 Å². The Morgan fingerprint density at radius 3 is 2.47 bits per heavy atom. The first kappa shape index (κ1) is 14.0. The Morgan fingerprint density at radius 1 is 1.26 bits per heavy atom. The van der Waals surface area contributed by atoms with E-state index in [0.717, 1.165) is 18.7 Å². The van der Waals surface area contributed by atoms with Crippen LogP contribution in [0.4, 0.5) is 0 Å². The first-order valence-corrected chi connectivity index (χ1v) is 6.77. The van der Waals surface area contributed by atoms with Gasteiger partial charge in [0.05, 0.1) is 6.04 Å². The largest absolute Gasteiger partial charge is 0.320 e. The van der Waals surface area contributed by atoms with Crippen LogP contribution in [-0.4, -0.2) is 48.9 Å². The molecule has 0 saturated carbocycles. The monoisotopic (exact) mass is 261 g/mol. The quantitative estimate of drug-likeness (QED) is 0.889. The fourth-order valence-electron chi connectivity index (χ4n) is 2.35. The highest BCUT2D eigenvalue weighted by atomic mass is 16.2. The summed E-state index contributed by atoms with van der Waals surface area (Å²) in [6.07, 6.45) is 0.00282. The molecule has 1 N–H and O–H groups in total. The van der Waals surface area contributed by atoms with Gasteiger partial charge in [-0.3, -0.25) is 10.1 Å². The number of rotatable bonds is 4. The third kappa shape index (κ3) is 3.14. The van der Waals surface area contributed by atoms with Crippen molar-refractivity contribution in [1.29, 1.82) is 0 Å². The molecule has 1 aromatic carbocycles. The molecule has 1 fully saturated rings. The van der Waals surface area contributed by atoms with Crippen molar-refractivity contribution in [2.24, 2.45) is 0 Å². The van der Waals surface area contributed by atoms with E-state index >= 15 is 0 Å². The van der Waals surface area contributed by atoms with E-state index in [0.29, 0.717) is 0 Å². The Morgan fingerprint density at radius 2 is 1.89 bits per heavy atom. The third-order valence-electron chi connectivity index (χ3n) is 3.55. The van der Waals surface area contributed by atoms with Gasteiger partial charge in [0.2, 0.25) is 5.91 Å². The summed E-state index contributed by atoms with van der Waals surface area (Å²) in [5, 5.41) is 3.37. The summed E-state index contributed by atoms with van der Waals surface area (Å²) in [6.45, 7) is 5.63. The van der Waals surface area contributed by atoms with Gasteiger partial charge in [-0.15, -0.1) is 0 Å². The highest BCUT2D eigenvalue weighted by molar-refractivity contribution is 5.84. The predicted molar refractivity (Wildman–Crippen MR) is 76.8 cm³/mol. The zero-order valence-electron chi connectivity index (χ0n) is 12.2. The number of aryl methyl sites for hydroxylation is 1. The van der Waals surface area contributed by atoms with Crippen LogP contribution >= 0.6 is 0 Å². The lowest BCUT2D eigenvalue weighted by Crippen LogP contribution is -2.36. The van der Waals surface area contributed by atoms with Gasteiger partial charge in [-0.1, -0.05) is 29.8 Å². The standard InChI is InChI=1S/C15H23N3O/c1-11-5-7-13(8-6-11)14-16-12(2)15(19)18(14)10-9-17(3)4/h5-8,12,14,16H,9-10H2,1-4H3. The molecule has 1 saturated heterocycles. The molecule has 4 heteroatoms. The minimum atomic E-state index is -0.103. The second-order valence-electron chi connectivity index (χ2n) is 5.54. The van der Waals surface area contributed by atoms with E-state index in [1.54, 1.807) is 0 Å². The number of carbonyl (C=O) groups excluding carboxylic acids is 1. The molecular formula is C15H23N3O. The number of amides is 1. The van der Waals surface area contributed by atoms with Crippen molar-refractivity contribution in [2.75, 3.05) is 27.2 Å². The SMILES string of the molecule is Cc1ccc(C2NC(C)C(=O)N2CCN(C)C)cc1. The maximum atomic E-state index is 12.2. The lowest BCUT2D eigenvalue weighted by molar-refractivity contribution is -0.130. The molecule has 0 aromatic heterocycles. The van der Waals surface area contributed by atoms with Crippen molar-refractivity contribution in [3.05, 3.63) is 35.4 Å². The van der Waals surface area contributed by atoms with Gasteiger partial charge in [0.15, 0.2) is 0 Å². The number of likely N-dealkylation sites (N-methyl/N-ethyl adjacent to an activating group) is 1. The molecule has 2 atom stereocenters. The lowest BCUT2D eigenvalue weighted by atomic mass is 10.1. The van der Waals surface area contributed by atoms with Crippen LogP contribution in [0.2, 0.25) is 0 Å². The van der Waals surface area contributed by atoms with Gasteiger partial charge < -0.3 is 9.80 Å². The van der Waals surface area contributed by atoms with Crippen LogP contribution in [0.25, 0.3) is 0 Å². The summed E-state index contributed by atoms with van der Waals surface area (Å²) in [5.74, 6) is 0.187. The van der Waals surface area contributed by atoms with Gasteiger partial charge in [0, 0.05) is 13.1 Å². The smallest absolute Gasteiger partial charge is 0.241 e. The fourth-order valence-corrected chi connectivity index (χ4v) is 2.35. The predicted octanol–water partition coefficient (Wildman–Crippen LogP) is 1.38. The van der Waals surface area contributed by atoms with Crippen LogP contribution in [0.5, 0.6) is 0 Å². The second-order valence-corrected chi connectivity index (χ2v) is 5.54. The molecule has 1 heterocycles. The van der Waals surface area contributed by atoms with E-state index in [1.165, 1.54) is 5.56 Å². The molecule has 1 aromatic rings. The maximum absolute atomic E-state index is 12.2. The third-order valence-corrected chi connectivity index (χ3v) is 3.55. The molecule has 1 amide bonds. The number of hydrogen-bond acceptors (Lipinski definition) is 3. The van der Waals surface area contributed by atoms with Crippen LogP contribution < -0.4 is 5.32 Å². The summed E-state index contributed by atoms with van der Waals surface area (Å²) in [6, 6.07) is 8.28. The molecule has 0 radical (unpaired) electrons. The van der Waals surface area contributed by atoms with Gasteiger partial charge in [-0.25, -0.2) is 0 Å². The van der Waals surface area contributed by atoms with Gasteiger partial charge in [0.1, 0.15) is 6.17 Å². The van der Waals surface area contributed by atoms with E-state index in [4.69, 9.17) is 0 Å². The van der Waals surface area contributed by atoms with Crippen molar-refractivity contribution in [3.63, 3.8) is 0 Å². The fraction of sp³-hybridized carbons (Fsp3) is 0.533. The van der Waals surface area contributed by atoms with Crippen molar-refractivity contribution >= 4 is 5.91 Å². The van der Waals surface area contributed by atoms with Crippen LogP contribution in [0.1, 0.15) is 24.2 Å². The Bertz CT molecular complexity index is 441. The minimum absolute atomic E-state index is 0.00282. The molecule has 1 aliphatic heterocycles. The second kappa shape index (κ2) is 5.72. The Labute approximate surface area is 115 Å². The van der Waals surface area contributed by atoms with Gasteiger partial charge in [-0.05, 0) is 33.5 Å². The number of carbonyl (C=O) groups is 1. The molecule has 0 bridgehead atoms. The van der Waals surface area contributed by atoms with Gasteiger partial charge >= 0.3 is 0 Å². The number of hydrogen-bond donors (Lipinski definition) is 1. The number of nitrogens with zero attached hydrogens (tertiary/aromatic N) is 2. The molecule has 104 valence electrons.